The van der Waals surface area contributed by atoms with E-state index in [-0.39, 0.29) is 5.82 Å². The molecule has 0 aromatic heterocycles. The lowest BCUT2D eigenvalue weighted by molar-refractivity contribution is 0.139. The average Bonchev–Trinajstić information content (AvgIpc) is 2.40. The van der Waals surface area contributed by atoms with E-state index >= 15 is 0 Å². The Kier molecular flexibility index (Phi) is 4.77. The van der Waals surface area contributed by atoms with Crippen molar-refractivity contribution in [1.29, 1.82) is 0 Å². The van der Waals surface area contributed by atoms with Crippen LogP contribution >= 0.6 is 0 Å². The first-order valence-electron chi connectivity index (χ1n) is 6.83. The van der Waals surface area contributed by atoms with Gasteiger partial charge in [0.1, 0.15) is 5.82 Å². The van der Waals surface area contributed by atoms with Crippen LogP contribution in [0, 0.1) is 11.7 Å². The Hall–Kier alpha value is -1.13. The Balaban J connectivity index is 2.11. The third kappa shape index (κ3) is 3.45. The van der Waals surface area contributed by atoms with Crippen molar-refractivity contribution in [2.24, 2.45) is 5.92 Å². The van der Waals surface area contributed by atoms with Gasteiger partial charge in [-0.3, -0.25) is 0 Å². The van der Waals surface area contributed by atoms with Crippen LogP contribution in [0.25, 0.3) is 0 Å². The Morgan fingerprint density at radius 2 is 2.11 bits per heavy atom. The third-order valence-electron chi connectivity index (χ3n) is 3.80. The number of piperidine rings is 1. The number of methoxy groups -OCH3 is 1. The smallest absolute Gasteiger partial charge is 0.123 e. The van der Waals surface area contributed by atoms with Crippen molar-refractivity contribution in [1.82, 2.24) is 0 Å². The van der Waals surface area contributed by atoms with E-state index < -0.39 is 6.10 Å². The first-order valence-corrected chi connectivity index (χ1v) is 6.83. The molecule has 2 rings (SSSR count). The Morgan fingerprint density at radius 3 is 2.68 bits per heavy atom. The normalized spacial score (nSPS) is 18.6. The van der Waals surface area contributed by atoms with Crippen LogP contribution in [0.1, 0.15) is 31.4 Å². The lowest BCUT2D eigenvalue weighted by Gasteiger charge is -2.35. The summed E-state index contributed by atoms with van der Waals surface area (Å²) in [7, 11) is 1.73. The molecule has 4 heteroatoms. The van der Waals surface area contributed by atoms with Crippen LogP contribution in [-0.4, -0.2) is 31.9 Å². The summed E-state index contributed by atoms with van der Waals surface area (Å²) in [6.07, 6.45) is 1.50. The Bertz CT molecular complexity index is 415. The van der Waals surface area contributed by atoms with Crippen LogP contribution in [0.15, 0.2) is 18.2 Å². The van der Waals surface area contributed by atoms with E-state index in [4.69, 9.17) is 4.74 Å². The molecule has 1 aliphatic rings. The van der Waals surface area contributed by atoms with Crippen molar-refractivity contribution < 1.29 is 14.2 Å². The van der Waals surface area contributed by atoms with E-state index in [1.165, 1.54) is 12.1 Å². The minimum absolute atomic E-state index is 0.297. The van der Waals surface area contributed by atoms with Gasteiger partial charge in [-0.1, -0.05) is 0 Å². The lowest BCUT2D eigenvalue weighted by atomic mass is 9.96. The van der Waals surface area contributed by atoms with Crippen LogP contribution in [0.4, 0.5) is 10.1 Å². The van der Waals surface area contributed by atoms with Crippen molar-refractivity contribution >= 4 is 5.69 Å². The molecule has 0 spiro atoms. The maximum atomic E-state index is 13.3. The molecule has 0 saturated carbocycles. The highest BCUT2D eigenvalue weighted by atomic mass is 19.1. The van der Waals surface area contributed by atoms with Crippen LogP contribution in [0.3, 0.4) is 0 Å². The second-order valence-electron chi connectivity index (χ2n) is 5.26. The SMILES string of the molecule is COCC1CCN(c2ccc(F)cc2[C@@H](C)O)CC1. The molecule has 1 saturated heterocycles. The van der Waals surface area contributed by atoms with Crippen molar-refractivity contribution in [3.8, 4) is 0 Å². The van der Waals surface area contributed by atoms with E-state index in [0.717, 1.165) is 38.2 Å². The zero-order chi connectivity index (χ0) is 13.8. The summed E-state index contributed by atoms with van der Waals surface area (Å²) in [5.74, 6) is 0.311. The highest BCUT2D eigenvalue weighted by Crippen LogP contribution is 2.30. The summed E-state index contributed by atoms with van der Waals surface area (Å²) in [5, 5.41) is 9.78. The molecule has 0 unspecified atom stereocenters. The van der Waals surface area contributed by atoms with Crippen molar-refractivity contribution in [3.05, 3.63) is 29.6 Å². The number of aliphatic hydroxyl groups excluding tert-OH is 1. The Morgan fingerprint density at radius 1 is 1.42 bits per heavy atom. The average molecular weight is 267 g/mol. The van der Waals surface area contributed by atoms with Gasteiger partial charge in [0.15, 0.2) is 0 Å². The van der Waals surface area contributed by atoms with Crippen LogP contribution < -0.4 is 4.90 Å². The Labute approximate surface area is 114 Å². The van der Waals surface area contributed by atoms with E-state index in [1.807, 2.05) is 0 Å². The quantitative estimate of drug-likeness (QED) is 0.910. The number of hydrogen-bond donors (Lipinski definition) is 1. The second kappa shape index (κ2) is 6.35. The second-order valence-corrected chi connectivity index (χ2v) is 5.26. The van der Waals surface area contributed by atoms with Gasteiger partial charge in [-0.05, 0) is 43.9 Å². The summed E-state index contributed by atoms with van der Waals surface area (Å²) in [6.45, 7) is 4.34. The van der Waals surface area contributed by atoms with Gasteiger partial charge in [-0.2, -0.15) is 0 Å². The number of nitrogens with zero attached hydrogens (tertiary/aromatic N) is 1. The molecule has 1 aromatic rings. The monoisotopic (exact) mass is 267 g/mol. The van der Waals surface area contributed by atoms with Gasteiger partial charge in [-0.25, -0.2) is 4.39 Å². The minimum atomic E-state index is -0.651. The van der Waals surface area contributed by atoms with Crippen LogP contribution in [0.5, 0.6) is 0 Å². The molecule has 1 fully saturated rings. The number of hydrogen-bond acceptors (Lipinski definition) is 3. The number of halogens is 1. The predicted molar refractivity (Wildman–Crippen MR) is 73.8 cm³/mol. The van der Waals surface area contributed by atoms with E-state index in [0.29, 0.717) is 11.5 Å². The van der Waals surface area contributed by atoms with Gasteiger partial charge in [0.25, 0.3) is 0 Å². The third-order valence-corrected chi connectivity index (χ3v) is 3.80. The molecule has 0 aliphatic carbocycles. The standard InChI is InChI=1S/C15H22FNO2/c1-11(18)14-9-13(16)3-4-15(14)17-7-5-12(6-8-17)10-19-2/h3-4,9,11-12,18H,5-8,10H2,1-2H3/t11-/m1/s1. The van der Waals surface area contributed by atoms with Crippen molar-refractivity contribution in [2.45, 2.75) is 25.9 Å². The fraction of sp³-hybridized carbons (Fsp3) is 0.600. The van der Waals surface area contributed by atoms with Crippen LogP contribution in [0.2, 0.25) is 0 Å². The fourth-order valence-corrected chi connectivity index (χ4v) is 2.72. The number of rotatable bonds is 4. The van der Waals surface area contributed by atoms with Crippen molar-refractivity contribution in [3.63, 3.8) is 0 Å². The van der Waals surface area contributed by atoms with Crippen LogP contribution in [-0.2, 0) is 4.74 Å². The molecule has 19 heavy (non-hydrogen) atoms. The fourth-order valence-electron chi connectivity index (χ4n) is 2.72. The lowest BCUT2D eigenvalue weighted by Crippen LogP contribution is -2.35. The molecule has 1 heterocycles. The predicted octanol–water partition coefficient (Wildman–Crippen LogP) is 2.74. The van der Waals surface area contributed by atoms with E-state index in [1.54, 1.807) is 20.1 Å². The molecular weight excluding hydrogens is 245 g/mol. The number of anilines is 1. The number of aliphatic hydroxyl groups is 1. The van der Waals surface area contributed by atoms with Gasteiger partial charge in [0.05, 0.1) is 6.10 Å². The molecule has 1 aliphatic heterocycles. The van der Waals surface area contributed by atoms with E-state index in [9.17, 15) is 9.50 Å². The first kappa shape index (κ1) is 14.3. The molecule has 0 bridgehead atoms. The molecular formula is C15H22FNO2. The molecule has 3 nitrogen and oxygen atoms in total. The first-order chi connectivity index (χ1) is 9.11. The van der Waals surface area contributed by atoms with E-state index in [2.05, 4.69) is 4.90 Å². The molecule has 1 aromatic carbocycles. The summed E-state index contributed by atoms with van der Waals surface area (Å²) in [6, 6.07) is 4.66. The summed E-state index contributed by atoms with van der Waals surface area (Å²) in [5.41, 5.74) is 1.62. The minimum Gasteiger partial charge on any atom is -0.389 e. The zero-order valence-corrected chi connectivity index (χ0v) is 11.6. The zero-order valence-electron chi connectivity index (χ0n) is 11.6. The maximum absolute atomic E-state index is 13.3. The number of benzene rings is 1. The van der Waals surface area contributed by atoms with Gasteiger partial charge in [-0.15, -0.1) is 0 Å². The van der Waals surface area contributed by atoms with Gasteiger partial charge < -0.3 is 14.7 Å². The number of ether oxygens (including phenoxy) is 1. The summed E-state index contributed by atoms with van der Waals surface area (Å²) >= 11 is 0. The topological polar surface area (TPSA) is 32.7 Å². The van der Waals surface area contributed by atoms with Gasteiger partial charge in [0, 0.05) is 38.1 Å². The highest BCUT2D eigenvalue weighted by molar-refractivity contribution is 5.55. The largest absolute Gasteiger partial charge is 0.389 e. The molecule has 1 N–H and O–H groups in total. The molecule has 106 valence electrons. The van der Waals surface area contributed by atoms with Gasteiger partial charge in [0.2, 0.25) is 0 Å². The molecule has 0 amide bonds. The molecule has 0 radical (unpaired) electrons. The van der Waals surface area contributed by atoms with Gasteiger partial charge >= 0.3 is 0 Å². The van der Waals surface area contributed by atoms with Crippen molar-refractivity contribution in [2.75, 3.05) is 31.7 Å². The summed E-state index contributed by atoms with van der Waals surface area (Å²) in [4.78, 5) is 2.23. The maximum Gasteiger partial charge on any atom is 0.123 e. The summed E-state index contributed by atoms with van der Waals surface area (Å²) < 4.78 is 18.5. The molecule has 1 atom stereocenters. The highest BCUT2D eigenvalue weighted by Gasteiger charge is 2.22.